The zero-order chi connectivity index (χ0) is 32.6. The number of anilines is 1. The molecule has 5 aromatic rings. The summed E-state index contributed by atoms with van der Waals surface area (Å²) in [6, 6.07) is 11.5. The topological polar surface area (TPSA) is 143 Å². The van der Waals surface area contributed by atoms with Crippen molar-refractivity contribution >= 4 is 22.9 Å². The van der Waals surface area contributed by atoms with Crippen LogP contribution in [0.3, 0.4) is 0 Å². The quantitative estimate of drug-likeness (QED) is 0.210. The number of nitrogens with two attached hydrogens (primary N) is 1. The van der Waals surface area contributed by atoms with Crippen LogP contribution in [0.4, 0.5) is 15.0 Å². The number of aryl methyl sites for hydroxylation is 1. The van der Waals surface area contributed by atoms with Gasteiger partial charge in [0.05, 0.1) is 11.4 Å². The minimum absolute atomic E-state index is 0.0172. The maximum Gasteiger partial charge on any atom is 0.410 e. The van der Waals surface area contributed by atoms with Crippen molar-refractivity contribution in [3.05, 3.63) is 78.4 Å². The second kappa shape index (κ2) is 12.2. The monoisotopic (exact) mass is 626 g/mol. The third-order valence-electron chi connectivity index (χ3n) is 7.63. The molecule has 12 nitrogen and oxygen atoms in total. The highest BCUT2D eigenvalue weighted by Gasteiger charge is 2.38. The molecule has 0 aliphatic heterocycles. The molecular formula is C33H35FN8O4. The van der Waals surface area contributed by atoms with Gasteiger partial charge in [0.25, 0.3) is 0 Å². The lowest BCUT2D eigenvalue weighted by atomic mass is 9.86. The summed E-state index contributed by atoms with van der Waals surface area (Å²) in [6.45, 7) is 7.53. The average molecular weight is 627 g/mol. The summed E-state index contributed by atoms with van der Waals surface area (Å²) in [7, 11) is 1.75. The van der Waals surface area contributed by atoms with E-state index in [-0.39, 0.29) is 30.5 Å². The summed E-state index contributed by atoms with van der Waals surface area (Å²) in [6.07, 6.45) is 5.80. The molecule has 1 amide bonds. The summed E-state index contributed by atoms with van der Waals surface area (Å²) in [5.74, 6) is 1.57. The molecule has 3 aromatic heterocycles. The molecule has 1 aliphatic rings. The number of nitrogen functional groups attached to an aromatic ring is 1. The number of fused-ring (bicyclic) bond motifs is 1. The number of amides is 1. The van der Waals surface area contributed by atoms with E-state index in [2.05, 4.69) is 19.9 Å². The Kier molecular flexibility index (Phi) is 8.15. The van der Waals surface area contributed by atoms with Crippen LogP contribution in [0.2, 0.25) is 0 Å². The molecule has 1 aliphatic carbocycles. The zero-order valence-corrected chi connectivity index (χ0v) is 26.3. The van der Waals surface area contributed by atoms with Gasteiger partial charge in [-0.2, -0.15) is 5.10 Å². The van der Waals surface area contributed by atoms with Crippen LogP contribution in [0.1, 0.15) is 51.0 Å². The van der Waals surface area contributed by atoms with Crippen molar-refractivity contribution in [1.82, 2.24) is 34.6 Å². The van der Waals surface area contributed by atoms with Crippen molar-refractivity contribution in [2.45, 2.75) is 64.8 Å². The highest BCUT2D eigenvalue weighted by atomic mass is 19.1. The molecule has 2 N–H and O–H groups in total. The van der Waals surface area contributed by atoms with Crippen LogP contribution in [0.15, 0.2) is 61.2 Å². The molecule has 0 radical (unpaired) electrons. The van der Waals surface area contributed by atoms with Gasteiger partial charge in [0.15, 0.2) is 5.65 Å². The summed E-state index contributed by atoms with van der Waals surface area (Å²) in [5.41, 5.74) is 8.55. The Bertz CT molecular complexity index is 1870. The van der Waals surface area contributed by atoms with Gasteiger partial charge in [-0.05, 0) is 64.8 Å². The minimum Gasteiger partial charge on any atom is -0.489 e. The number of carbonyl (C=O) groups excluding carboxylic acids is 1. The zero-order valence-electron chi connectivity index (χ0n) is 26.3. The van der Waals surface area contributed by atoms with Crippen molar-refractivity contribution in [3.63, 3.8) is 0 Å². The van der Waals surface area contributed by atoms with E-state index in [1.165, 1.54) is 18.5 Å². The molecule has 3 heterocycles. The Morgan fingerprint density at radius 2 is 1.72 bits per heavy atom. The average Bonchev–Trinajstić information content (AvgIpc) is 3.36. The number of rotatable bonds is 8. The predicted octanol–water partition coefficient (Wildman–Crippen LogP) is 6.25. The Balaban J connectivity index is 1.17. The Hall–Kier alpha value is -5.33. The Labute approximate surface area is 265 Å². The second-order valence-electron chi connectivity index (χ2n) is 12.3. The van der Waals surface area contributed by atoms with Gasteiger partial charge in [-0.3, -0.25) is 0 Å². The lowest BCUT2D eigenvalue weighted by molar-refractivity contribution is 0.00720. The molecule has 0 atom stereocenters. The van der Waals surface area contributed by atoms with Gasteiger partial charge in [0.1, 0.15) is 58.9 Å². The van der Waals surface area contributed by atoms with Crippen LogP contribution in [0, 0.1) is 12.7 Å². The van der Waals surface area contributed by atoms with Crippen molar-refractivity contribution in [3.8, 4) is 28.5 Å². The smallest absolute Gasteiger partial charge is 0.410 e. The van der Waals surface area contributed by atoms with E-state index in [4.69, 9.17) is 25.0 Å². The lowest BCUT2D eigenvalue weighted by Gasteiger charge is -2.41. The standard InChI is InChI=1S/C33H35FN8O4/c1-19-36-15-20(16-37-19)17-44-26-10-22(34)11-27(14-26)45-25-8-6-21(7-9-25)29-28-30(35)38-18-39-31(28)42(40-29)24-12-23(13-24)41(5)32(43)46-33(2,3)4/h6-11,14-16,18,23-24H,12-13,17H2,1-5H3,(H2,35,38,39)/t23-,24+. The first-order valence-electron chi connectivity index (χ1n) is 14.9. The number of ether oxygens (including phenoxy) is 3. The summed E-state index contributed by atoms with van der Waals surface area (Å²) in [4.78, 5) is 31.2. The van der Waals surface area contributed by atoms with E-state index in [9.17, 15) is 9.18 Å². The van der Waals surface area contributed by atoms with Crippen LogP contribution in [-0.2, 0) is 11.3 Å². The van der Waals surface area contributed by atoms with E-state index in [1.54, 1.807) is 49.5 Å². The van der Waals surface area contributed by atoms with Gasteiger partial charge < -0.3 is 24.8 Å². The van der Waals surface area contributed by atoms with Gasteiger partial charge in [-0.1, -0.05) is 0 Å². The van der Waals surface area contributed by atoms with E-state index in [0.717, 1.165) is 11.1 Å². The fourth-order valence-corrected chi connectivity index (χ4v) is 5.17. The molecule has 0 saturated heterocycles. The van der Waals surface area contributed by atoms with E-state index in [0.29, 0.717) is 52.7 Å². The number of aromatic nitrogens is 6. The molecule has 6 rings (SSSR count). The van der Waals surface area contributed by atoms with Crippen LogP contribution in [0.5, 0.6) is 17.2 Å². The van der Waals surface area contributed by atoms with Gasteiger partial charge in [-0.15, -0.1) is 0 Å². The molecule has 1 saturated carbocycles. The fourth-order valence-electron chi connectivity index (χ4n) is 5.17. The second-order valence-corrected chi connectivity index (χ2v) is 12.3. The van der Waals surface area contributed by atoms with Crippen molar-refractivity contribution in [2.75, 3.05) is 12.8 Å². The van der Waals surface area contributed by atoms with Gasteiger partial charge in [-0.25, -0.2) is 33.8 Å². The maximum absolute atomic E-state index is 14.4. The molecule has 0 bridgehead atoms. The number of hydrogen-bond acceptors (Lipinski definition) is 10. The first-order valence-corrected chi connectivity index (χ1v) is 14.9. The van der Waals surface area contributed by atoms with Crippen LogP contribution in [0.25, 0.3) is 22.3 Å². The predicted molar refractivity (Wildman–Crippen MR) is 169 cm³/mol. The van der Waals surface area contributed by atoms with Crippen molar-refractivity contribution in [2.24, 2.45) is 0 Å². The van der Waals surface area contributed by atoms with E-state index < -0.39 is 11.4 Å². The third kappa shape index (κ3) is 6.67. The van der Waals surface area contributed by atoms with Crippen LogP contribution >= 0.6 is 0 Å². The first-order chi connectivity index (χ1) is 21.9. The third-order valence-corrected chi connectivity index (χ3v) is 7.63. The van der Waals surface area contributed by atoms with Crippen LogP contribution in [-0.4, -0.2) is 59.4 Å². The summed E-state index contributed by atoms with van der Waals surface area (Å²) < 4.78 is 33.5. The molecule has 13 heteroatoms. The maximum atomic E-state index is 14.4. The largest absolute Gasteiger partial charge is 0.489 e. The Morgan fingerprint density at radius 3 is 2.41 bits per heavy atom. The van der Waals surface area contributed by atoms with Crippen molar-refractivity contribution < 1.29 is 23.4 Å². The number of hydrogen-bond donors (Lipinski definition) is 1. The first kappa shape index (κ1) is 30.7. The van der Waals surface area contributed by atoms with Gasteiger partial charge in [0, 0.05) is 54.8 Å². The normalized spacial score (nSPS) is 16.1. The molecule has 2 aromatic carbocycles. The molecule has 0 spiro atoms. The molecule has 1 fully saturated rings. The molecule has 238 valence electrons. The highest BCUT2D eigenvalue weighted by molar-refractivity contribution is 5.98. The summed E-state index contributed by atoms with van der Waals surface area (Å²) in [5, 5.41) is 5.56. The molecule has 46 heavy (non-hydrogen) atoms. The number of carbonyl (C=O) groups is 1. The van der Waals surface area contributed by atoms with Crippen LogP contribution < -0.4 is 15.2 Å². The van der Waals surface area contributed by atoms with E-state index >= 15 is 0 Å². The minimum atomic E-state index is -0.566. The van der Waals surface area contributed by atoms with Crippen molar-refractivity contribution in [1.29, 1.82) is 0 Å². The van der Waals surface area contributed by atoms with E-state index in [1.807, 2.05) is 37.6 Å². The molecular weight excluding hydrogens is 591 g/mol. The number of benzene rings is 2. The van der Waals surface area contributed by atoms with Gasteiger partial charge in [0.2, 0.25) is 0 Å². The fraction of sp³-hybridized carbons (Fsp3) is 0.333. The number of nitrogens with zero attached hydrogens (tertiary/aromatic N) is 7. The highest BCUT2D eigenvalue weighted by Crippen LogP contribution is 2.40. The summed E-state index contributed by atoms with van der Waals surface area (Å²) >= 11 is 0. The SMILES string of the molecule is Cc1ncc(COc2cc(F)cc(Oc3ccc(-c4nn([C@H]5C[C@@H](N(C)C(=O)OC(C)(C)C)C5)c5ncnc(N)c45)cc3)c2)cn1. The van der Waals surface area contributed by atoms with Gasteiger partial charge >= 0.3 is 6.09 Å². The lowest BCUT2D eigenvalue weighted by Crippen LogP contribution is -2.48. The number of halogens is 1. The molecule has 0 unspecified atom stereocenters. The Morgan fingerprint density at radius 1 is 1.02 bits per heavy atom.